The van der Waals surface area contributed by atoms with Crippen LogP contribution in [0.15, 0.2) is 48.5 Å². The van der Waals surface area contributed by atoms with Gasteiger partial charge in [-0.2, -0.15) is 0 Å². The summed E-state index contributed by atoms with van der Waals surface area (Å²) in [5.74, 6) is -0.741. The SMILES string of the molecule is O=C(NCCc1ccc(F)cc1)c1cccc(C(=O)NCC2CCCO2)c1. The predicted molar refractivity (Wildman–Crippen MR) is 100 cm³/mol. The monoisotopic (exact) mass is 370 g/mol. The van der Waals surface area contributed by atoms with Gasteiger partial charge in [0.05, 0.1) is 6.10 Å². The van der Waals surface area contributed by atoms with Crippen LogP contribution in [-0.2, 0) is 11.2 Å². The zero-order valence-corrected chi connectivity index (χ0v) is 15.0. The van der Waals surface area contributed by atoms with Crippen molar-refractivity contribution in [1.82, 2.24) is 10.6 Å². The van der Waals surface area contributed by atoms with Crippen LogP contribution in [0, 0.1) is 5.82 Å². The Hall–Kier alpha value is -2.73. The van der Waals surface area contributed by atoms with Crippen molar-refractivity contribution < 1.29 is 18.7 Å². The summed E-state index contributed by atoms with van der Waals surface area (Å²) < 4.78 is 18.4. The van der Waals surface area contributed by atoms with Gasteiger partial charge in [0.15, 0.2) is 0 Å². The van der Waals surface area contributed by atoms with Crippen LogP contribution in [0.25, 0.3) is 0 Å². The normalized spacial score (nSPS) is 16.1. The Bertz CT molecular complexity index is 786. The van der Waals surface area contributed by atoms with E-state index in [9.17, 15) is 14.0 Å². The van der Waals surface area contributed by atoms with Crippen molar-refractivity contribution in [2.45, 2.75) is 25.4 Å². The molecule has 0 saturated carbocycles. The summed E-state index contributed by atoms with van der Waals surface area (Å²) in [7, 11) is 0. The highest BCUT2D eigenvalue weighted by atomic mass is 19.1. The number of rotatable bonds is 7. The van der Waals surface area contributed by atoms with Gasteiger partial charge in [-0.05, 0) is 55.2 Å². The standard InChI is InChI=1S/C21H23FN2O3/c22-18-8-6-15(7-9-18)10-11-23-20(25)16-3-1-4-17(13-16)21(26)24-14-19-5-2-12-27-19/h1,3-4,6-9,13,19H,2,5,10-12,14H2,(H,23,25)(H,24,26). The van der Waals surface area contributed by atoms with E-state index in [0.29, 0.717) is 30.6 Å². The molecule has 1 aliphatic rings. The van der Waals surface area contributed by atoms with Crippen molar-refractivity contribution in [3.05, 3.63) is 71.0 Å². The molecule has 1 atom stereocenters. The number of halogens is 1. The maximum atomic E-state index is 12.9. The molecule has 0 aromatic heterocycles. The van der Waals surface area contributed by atoms with E-state index in [1.165, 1.54) is 12.1 Å². The summed E-state index contributed by atoms with van der Waals surface area (Å²) in [5, 5.41) is 5.67. The van der Waals surface area contributed by atoms with Crippen LogP contribution in [0.5, 0.6) is 0 Å². The van der Waals surface area contributed by atoms with Crippen molar-refractivity contribution in [2.75, 3.05) is 19.7 Å². The lowest BCUT2D eigenvalue weighted by atomic mass is 10.1. The third kappa shape index (κ3) is 5.62. The zero-order chi connectivity index (χ0) is 19.1. The quantitative estimate of drug-likeness (QED) is 0.788. The first-order valence-corrected chi connectivity index (χ1v) is 9.14. The van der Waals surface area contributed by atoms with E-state index in [1.807, 2.05) is 0 Å². The molecule has 6 heteroatoms. The van der Waals surface area contributed by atoms with Gasteiger partial charge >= 0.3 is 0 Å². The minimum atomic E-state index is -0.280. The topological polar surface area (TPSA) is 67.4 Å². The second-order valence-electron chi connectivity index (χ2n) is 6.56. The van der Waals surface area contributed by atoms with Crippen molar-refractivity contribution in [3.8, 4) is 0 Å². The highest BCUT2D eigenvalue weighted by molar-refractivity contribution is 5.99. The number of hydrogen-bond donors (Lipinski definition) is 2. The lowest BCUT2D eigenvalue weighted by Gasteiger charge is -2.11. The first kappa shape index (κ1) is 19.0. The fourth-order valence-corrected chi connectivity index (χ4v) is 2.99. The maximum Gasteiger partial charge on any atom is 0.251 e. The molecule has 3 rings (SSSR count). The van der Waals surface area contributed by atoms with Gasteiger partial charge in [0.25, 0.3) is 11.8 Å². The number of hydrogen-bond acceptors (Lipinski definition) is 3. The van der Waals surface area contributed by atoms with Gasteiger partial charge in [0.1, 0.15) is 5.82 Å². The van der Waals surface area contributed by atoms with E-state index in [-0.39, 0.29) is 23.7 Å². The van der Waals surface area contributed by atoms with Gasteiger partial charge < -0.3 is 15.4 Å². The van der Waals surface area contributed by atoms with Gasteiger partial charge in [-0.25, -0.2) is 4.39 Å². The molecule has 2 aromatic carbocycles. The van der Waals surface area contributed by atoms with E-state index >= 15 is 0 Å². The minimum absolute atomic E-state index is 0.0758. The van der Waals surface area contributed by atoms with Crippen molar-refractivity contribution >= 4 is 11.8 Å². The number of amides is 2. The van der Waals surface area contributed by atoms with Crippen LogP contribution >= 0.6 is 0 Å². The number of carbonyl (C=O) groups excluding carboxylic acids is 2. The molecule has 1 fully saturated rings. The highest BCUT2D eigenvalue weighted by Crippen LogP contribution is 2.11. The molecule has 1 unspecified atom stereocenters. The van der Waals surface area contributed by atoms with Crippen LogP contribution in [0.1, 0.15) is 39.1 Å². The smallest absolute Gasteiger partial charge is 0.251 e. The largest absolute Gasteiger partial charge is 0.376 e. The molecule has 27 heavy (non-hydrogen) atoms. The summed E-state index contributed by atoms with van der Waals surface area (Å²) in [4.78, 5) is 24.6. The molecular formula is C21H23FN2O3. The summed E-state index contributed by atoms with van der Waals surface area (Å²) >= 11 is 0. The van der Waals surface area contributed by atoms with E-state index in [0.717, 1.165) is 25.0 Å². The number of benzene rings is 2. The average molecular weight is 370 g/mol. The van der Waals surface area contributed by atoms with Crippen molar-refractivity contribution in [1.29, 1.82) is 0 Å². The third-order valence-electron chi connectivity index (χ3n) is 4.51. The first-order valence-electron chi connectivity index (χ1n) is 9.14. The second kappa shape index (κ2) is 9.28. The molecule has 0 radical (unpaired) electrons. The molecule has 0 spiro atoms. The van der Waals surface area contributed by atoms with Gasteiger partial charge in [-0.1, -0.05) is 18.2 Å². The van der Waals surface area contributed by atoms with Gasteiger partial charge in [-0.3, -0.25) is 9.59 Å². The van der Waals surface area contributed by atoms with Crippen LogP contribution < -0.4 is 10.6 Å². The van der Waals surface area contributed by atoms with E-state index in [2.05, 4.69) is 10.6 Å². The average Bonchev–Trinajstić information content (AvgIpc) is 3.21. The Balaban J connectivity index is 1.50. The van der Waals surface area contributed by atoms with E-state index < -0.39 is 0 Å². The van der Waals surface area contributed by atoms with Crippen LogP contribution in [0.4, 0.5) is 4.39 Å². The van der Waals surface area contributed by atoms with Gasteiger partial charge in [0, 0.05) is 30.8 Å². The number of nitrogens with one attached hydrogen (secondary N) is 2. The molecule has 0 aliphatic carbocycles. The van der Waals surface area contributed by atoms with Gasteiger partial charge in [0.2, 0.25) is 0 Å². The predicted octanol–water partition coefficient (Wildman–Crippen LogP) is 2.71. The van der Waals surface area contributed by atoms with Crippen LogP contribution in [-0.4, -0.2) is 37.6 Å². The van der Waals surface area contributed by atoms with E-state index in [4.69, 9.17) is 4.74 Å². The minimum Gasteiger partial charge on any atom is -0.376 e. The molecule has 1 saturated heterocycles. The summed E-state index contributed by atoms with van der Waals surface area (Å²) in [5.41, 5.74) is 1.82. The Morgan fingerprint density at radius 2 is 1.74 bits per heavy atom. The lowest BCUT2D eigenvalue weighted by Crippen LogP contribution is -2.32. The molecule has 2 amide bonds. The van der Waals surface area contributed by atoms with Crippen molar-refractivity contribution in [2.24, 2.45) is 0 Å². The Morgan fingerprint density at radius 3 is 2.41 bits per heavy atom. The molecule has 5 nitrogen and oxygen atoms in total. The fourth-order valence-electron chi connectivity index (χ4n) is 2.99. The highest BCUT2D eigenvalue weighted by Gasteiger charge is 2.17. The molecule has 142 valence electrons. The third-order valence-corrected chi connectivity index (χ3v) is 4.51. The fraction of sp³-hybridized carbons (Fsp3) is 0.333. The Kier molecular flexibility index (Phi) is 6.54. The molecule has 2 aromatic rings. The Labute approximate surface area is 157 Å². The summed E-state index contributed by atoms with van der Waals surface area (Å²) in [6.07, 6.45) is 2.66. The van der Waals surface area contributed by atoms with Gasteiger partial charge in [-0.15, -0.1) is 0 Å². The molecule has 2 N–H and O–H groups in total. The second-order valence-corrected chi connectivity index (χ2v) is 6.56. The Morgan fingerprint density at radius 1 is 1.04 bits per heavy atom. The molecule has 0 bridgehead atoms. The zero-order valence-electron chi connectivity index (χ0n) is 15.0. The van der Waals surface area contributed by atoms with E-state index in [1.54, 1.807) is 36.4 Å². The molecule has 1 aliphatic heterocycles. The number of ether oxygens (including phenoxy) is 1. The summed E-state index contributed by atoms with van der Waals surface area (Å²) in [6.45, 7) is 1.65. The van der Waals surface area contributed by atoms with Crippen LogP contribution in [0.3, 0.4) is 0 Å². The van der Waals surface area contributed by atoms with Crippen LogP contribution in [0.2, 0.25) is 0 Å². The number of carbonyl (C=O) groups is 2. The van der Waals surface area contributed by atoms with Crippen molar-refractivity contribution in [3.63, 3.8) is 0 Å². The molecular weight excluding hydrogens is 347 g/mol. The maximum absolute atomic E-state index is 12.9. The summed E-state index contributed by atoms with van der Waals surface area (Å²) in [6, 6.07) is 12.8. The molecule has 1 heterocycles. The first-order chi connectivity index (χ1) is 13.1. The lowest BCUT2D eigenvalue weighted by molar-refractivity contribution is 0.0857.